The molecule has 33 heavy (non-hydrogen) atoms. The molecule has 0 atom stereocenters. The Morgan fingerprint density at radius 2 is 1.94 bits per heavy atom. The highest BCUT2D eigenvalue weighted by molar-refractivity contribution is 7.90. The number of carbonyl (C=O) groups is 2. The van der Waals surface area contributed by atoms with E-state index >= 15 is 0 Å². The minimum atomic E-state index is -3.66. The molecule has 2 aromatic heterocycles. The van der Waals surface area contributed by atoms with E-state index in [4.69, 9.17) is 16.3 Å². The molecular formula is C19H22ClN7O5S. The van der Waals surface area contributed by atoms with Gasteiger partial charge in [-0.2, -0.15) is 5.10 Å². The minimum Gasteiger partial charge on any atom is -0.380 e. The van der Waals surface area contributed by atoms with E-state index in [2.05, 4.69) is 20.6 Å². The van der Waals surface area contributed by atoms with E-state index in [1.165, 1.54) is 26.3 Å². The average Bonchev–Trinajstić information content (AvgIpc) is 3.34. The molecule has 12 nitrogen and oxygen atoms in total. The maximum atomic E-state index is 13.6. The zero-order valence-electron chi connectivity index (χ0n) is 18.6. The second-order valence-corrected chi connectivity index (χ2v) is 9.51. The van der Waals surface area contributed by atoms with Gasteiger partial charge < -0.3 is 4.74 Å². The molecule has 14 heteroatoms. The highest BCUT2D eigenvalue weighted by Crippen LogP contribution is 2.30. The molecule has 1 aromatic carbocycles. The lowest BCUT2D eigenvalue weighted by Crippen LogP contribution is -2.39. The highest BCUT2D eigenvalue weighted by atomic mass is 35.5. The number of tetrazole rings is 1. The van der Waals surface area contributed by atoms with Gasteiger partial charge in [0.1, 0.15) is 0 Å². The Bertz CT molecular complexity index is 1330. The van der Waals surface area contributed by atoms with E-state index in [0.29, 0.717) is 6.54 Å². The number of benzene rings is 1. The van der Waals surface area contributed by atoms with E-state index in [-0.39, 0.29) is 39.3 Å². The Morgan fingerprint density at radius 1 is 1.24 bits per heavy atom. The molecule has 2 amide bonds. The summed E-state index contributed by atoms with van der Waals surface area (Å²) in [6.45, 7) is 4.00. The van der Waals surface area contributed by atoms with Crippen LogP contribution in [0.25, 0.3) is 0 Å². The summed E-state index contributed by atoms with van der Waals surface area (Å²) in [5.74, 6) is -1.79. The van der Waals surface area contributed by atoms with Gasteiger partial charge in [0.05, 0.1) is 22.1 Å². The summed E-state index contributed by atoms with van der Waals surface area (Å²) < 4.78 is 32.2. The number of sulfone groups is 1. The van der Waals surface area contributed by atoms with Gasteiger partial charge in [-0.25, -0.2) is 18.0 Å². The standard InChI is InChI=1S/C19H22ClN7O5S/c1-6-26-11(2)9-14(22-26)18(29)27(19-21-23-24-25(19)3)17(28)12-7-8-15(33(5,30)31)13(10-32-4)16(12)20/h7-9H,6,10H2,1-5H3. The molecule has 0 bridgehead atoms. The molecule has 0 saturated carbocycles. The van der Waals surface area contributed by atoms with Crippen molar-refractivity contribution in [2.24, 2.45) is 7.05 Å². The molecule has 0 unspecified atom stereocenters. The number of amides is 2. The summed E-state index contributed by atoms with van der Waals surface area (Å²) in [6.07, 6.45) is 1.02. The van der Waals surface area contributed by atoms with Crippen molar-refractivity contribution in [3.05, 3.63) is 45.7 Å². The topological polar surface area (TPSA) is 142 Å². The normalized spacial score (nSPS) is 11.6. The first-order valence-corrected chi connectivity index (χ1v) is 11.9. The number of carbonyl (C=O) groups excluding carboxylic acids is 2. The molecule has 0 fully saturated rings. The van der Waals surface area contributed by atoms with Crippen LogP contribution in [-0.2, 0) is 34.8 Å². The Kier molecular flexibility index (Phi) is 6.95. The molecule has 0 saturated heterocycles. The summed E-state index contributed by atoms with van der Waals surface area (Å²) in [5.41, 5.74) is 0.704. The number of anilines is 1. The second kappa shape index (κ2) is 9.37. The predicted molar refractivity (Wildman–Crippen MR) is 118 cm³/mol. The van der Waals surface area contributed by atoms with Crippen molar-refractivity contribution in [2.75, 3.05) is 18.3 Å². The minimum absolute atomic E-state index is 0.00620. The third-order valence-electron chi connectivity index (χ3n) is 4.82. The number of aryl methyl sites for hydroxylation is 3. The number of nitrogens with zero attached hydrogens (tertiary/aromatic N) is 7. The zero-order valence-corrected chi connectivity index (χ0v) is 20.2. The largest absolute Gasteiger partial charge is 0.380 e. The summed E-state index contributed by atoms with van der Waals surface area (Å²) >= 11 is 6.46. The molecule has 3 rings (SSSR count). The van der Waals surface area contributed by atoms with Gasteiger partial charge in [0.15, 0.2) is 15.5 Å². The summed E-state index contributed by atoms with van der Waals surface area (Å²) in [6, 6.07) is 4.02. The maximum Gasteiger partial charge on any atom is 0.288 e. The van der Waals surface area contributed by atoms with Crippen LogP contribution >= 0.6 is 11.6 Å². The first-order chi connectivity index (χ1) is 15.5. The van der Waals surface area contributed by atoms with E-state index in [0.717, 1.165) is 21.5 Å². The molecular weight excluding hydrogens is 474 g/mol. The van der Waals surface area contributed by atoms with E-state index in [1.807, 2.05) is 6.92 Å². The van der Waals surface area contributed by atoms with Crippen molar-refractivity contribution in [3.8, 4) is 0 Å². The Morgan fingerprint density at radius 3 is 2.45 bits per heavy atom. The van der Waals surface area contributed by atoms with Crippen molar-refractivity contribution in [2.45, 2.75) is 31.9 Å². The fourth-order valence-electron chi connectivity index (χ4n) is 3.25. The molecule has 0 radical (unpaired) electrons. The number of aromatic nitrogens is 6. The lowest BCUT2D eigenvalue weighted by atomic mass is 10.1. The van der Waals surface area contributed by atoms with Crippen molar-refractivity contribution < 1.29 is 22.7 Å². The molecule has 0 spiro atoms. The molecule has 2 heterocycles. The lowest BCUT2D eigenvalue weighted by molar-refractivity contribution is 0.0890. The fourth-order valence-corrected chi connectivity index (χ4v) is 4.53. The number of ether oxygens (including phenoxy) is 1. The van der Waals surface area contributed by atoms with Crippen LogP contribution in [0, 0.1) is 6.92 Å². The van der Waals surface area contributed by atoms with Crippen LogP contribution in [0.3, 0.4) is 0 Å². The van der Waals surface area contributed by atoms with Gasteiger partial charge in [0.2, 0.25) is 0 Å². The number of halogens is 1. The number of imide groups is 1. The number of hydrogen-bond donors (Lipinski definition) is 0. The Labute approximate surface area is 195 Å². The van der Waals surface area contributed by atoms with Gasteiger partial charge in [-0.3, -0.25) is 14.3 Å². The molecule has 176 valence electrons. The third-order valence-corrected chi connectivity index (χ3v) is 6.44. The lowest BCUT2D eigenvalue weighted by Gasteiger charge is -2.20. The molecule has 0 aliphatic rings. The zero-order chi connectivity index (χ0) is 24.5. The monoisotopic (exact) mass is 495 g/mol. The van der Waals surface area contributed by atoms with Crippen molar-refractivity contribution in [1.29, 1.82) is 0 Å². The van der Waals surface area contributed by atoms with Crippen molar-refractivity contribution in [3.63, 3.8) is 0 Å². The quantitative estimate of drug-likeness (QED) is 0.444. The predicted octanol–water partition coefficient (Wildman–Crippen LogP) is 1.43. The van der Waals surface area contributed by atoms with E-state index in [9.17, 15) is 18.0 Å². The second-order valence-electron chi connectivity index (χ2n) is 7.14. The third kappa shape index (κ3) is 4.65. The van der Waals surface area contributed by atoms with Crippen LogP contribution in [0.1, 0.15) is 39.0 Å². The Hall–Kier alpha value is -3.16. The number of methoxy groups -OCH3 is 1. The van der Waals surface area contributed by atoms with E-state index < -0.39 is 21.7 Å². The first-order valence-electron chi connectivity index (χ1n) is 9.67. The molecule has 3 aromatic rings. The molecule has 0 aliphatic carbocycles. The summed E-state index contributed by atoms with van der Waals surface area (Å²) in [5, 5.41) is 15.1. The van der Waals surface area contributed by atoms with Crippen LogP contribution in [0.4, 0.5) is 5.95 Å². The first kappa shape index (κ1) is 24.5. The highest BCUT2D eigenvalue weighted by Gasteiger charge is 2.34. The average molecular weight is 496 g/mol. The fraction of sp³-hybridized carbons (Fsp3) is 0.368. The SMILES string of the molecule is CCn1nc(C(=O)N(C(=O)c2ccc(S(C)(=O)=O)c(COC)c2Cl)c2nnnn2C)cc1C. The van der Waals surface area contributed by atoms with Crippen molar-refractivity contribution >= 4 is 39.2 Å². The summed E-state index contributed by atoms with van der Waals surface area (Å²) in [7, 11) is -0.833. The van der Waals surface area contributed by atoms with Gasteiger partial charge in [-0.05, 0) is 42.5 Å². The van der Waals surface area contributed by atoms with Crippen LogP contribution in [0.2, 0.25) is 5.02 Å². The van der Waals surface area contributed by atoms with Gasteiger partial charge in [0, 0.05) is 38.2 Å². The van der Waals surface area contributed by atoms with Gasteiger partial charge in [-0.1, -0.05) is 16.7 Å². The van der Waals surface area contributed by atoms with E-state index in [1.54, 1.807) is 17.7 Å². The van der Waals surface area contributed by atoms with Gasteiger partial charge in [-0.15, -0.1) is 0 Å². The van der Waals surface area contributed by atoms with Crippen molar-refractivity contribution in [1.82, 2.24) is 30.0 Å². The number of rotatable bonds is 7. The van der Waals surface area contributed by atoms with Crippen LogP contribution in [0.15, 0.2) is 23.1 Å². The Balaban J connectivity index is 2.18. The maximum absolute atomic E-state index is 13.6. The van der Waals surface area contributed by atoms with Crippen LogP contribution in [0.5, 0.6) is 0 Å². The van der Waals surface area contributed by atoms with Gasteiger partial charge >= 0.3 is 0 Å². The molecule has 0 N–H and O–H groups in total. The summed E-state index contributed by atoms with van der Waals surface area (Å²) in [4.78, 5) is 27.7. The number of hydrogen-bond acceptors (Lipinski definition) is 9. The van der Waals surface area contributed by atoms with Gasteiger partial charge in [0.25, 0.3) is 17.8 Å². The smallest absolute Gasteiger partial charge is 0.288 e. The molecule has 0 aliphatic heterocycles. The van der Waals surface area contributed by atoms with Crippen LogP contribution < -0.4 is 4.90 Å². The van der Waals surface area contributed by atoms with Crippen LogP contribution in [-0.4, -0.2) is 63.6 Å².